The van der Waals surface area contributed by atoms with E-state index >= 15 is 0 Å². The van der Waals surface area contributed by atoms with Crippen molar-refractivity contribution < 1.29 is 45.5 Å². The molecule has 0 aliphatic rings. The first-order valence-electron chi connectivity index (χ1n) is 7.77. The SMILES string of the molecule is Cn1cc([N+](=O)[O-])c(C(=O)Nc2cc(OCC(F)(F)F)cc(OCC(F)(F)F)c2)n1. The van der Waals surface area contributed by atoms with Crippen LogP contribution < -0.4 is 14.8 Å². The van der Waals surface area contributed by atoms with Gasteiger partial charge in [0.15, 0.2) is 13.2 Å². The van der Waals surface area contributed by atoms with E-state index in [4.69, 9.17) is 0 Å². The van der Waals surface area contributed by atoms with Crippen LogP contribution in [0.25, 0.3) is 0 Å². The third kappa shape index (κ3) is 6.82. The van der Waals surface area contributed by atoms with Gasteiger partial charge < -0.3 is 14.8 Å². The van der Waals surface area contributed by atoms with E-state index < -0.39 is 59.3 Å². The van der Waals surface area contributed by atoms with Gasteiger partial charge in [0.25, 0.3) is 5.91 Å². The van der Waals surface area contributed by atoms with Crippen LogP contribution in [0.15, 0.2) is 24.4 Å². The smallest absolute Gasteiger partial charge is 0.422 e. The molecule has 164 valence electrons. The van der Waals surface area contributed by atoms with Crippen LogP contribution in [-0.4, -0.2) is 46.2 Å². The molecule has 0 spiro atoms. The predicted molar refractivity (Wildman–Crippen MR) is 87.4 cm³/mol. The third-order valence-corrected chi connectivity index (χ3v) is 3.16. The molecule has 1 heterocycles. The lowest BCUT2D eigenvalue weighted by Gasteiger charge is -2.14. The Balaban J connectivity index is 2.30. The Labute approximate surface area is 163 Å². The number of anilines is 1. The van der Waals surface area contributed by atoms with Gasteiger partial charge in [-0.05, 0) is 0 Å². The van der Waals surface area contributed by atoms with E-state index in [0.717, 1.165) is 29.1 Å². The van der Waals surface area contributed by atoms with Crippen molar-refractivity contribution >= 4 is 17.3 Å². The zero-order valence-electron chi connectivity index (χ0n) is 14.9. The highest BCUT2D eigenvalue weighted by atomic mass is 19.4. The first-order valence-corrected chi connectivity index (χ1v) is 7.77. The molecule has 0 radical (unpaired) electrons. The predicted octanol–water partition coefficient (Wildman–Crippen LogP) is 3.46. The molecule has 9 nitrogen and oxygen atoms in total. The Kier molecular flexibility index (Phi) is 6.42. The number of aryl methyl sites for hydroxylation is 1. The van der Waals surface area contributed by atoms with E-state index in [1.54, 1.807) is 0 Å². The quantitative estimate of drug-likeness (QED) is 0.400. The fraction of sp³-hybridized carbons (Fsp3) is 0.333. The summed E-state index contributed by atoms with van der Waals surface area (Å²) in [6, 6.07) is 2.51. The molecule has 0 saturated heterocycles. The summed E-state index contributed by atoms with van der Waals surface area (Å²) in [5, 5.41) is 16.7. The molecule has 30 heavy (non-hydrogen) atoms. The van der Waals surface area contributed by atoms with Crippen LogP contribution in [0.4, 0.5) is 37.7 Å². The number of ether oxygens (including phenoxy) is 2. The van der Waals surface area contributed by atoms with Gasteiger partial charge >= 0.3 is 18.0 Å². The van der Waals surface area contributed by atoms with Gasteiger partial charge in [0.1, 0.15) is 17.7 Å². The van der Waals surface area contributed by atoms with Gasteiger partial charge in [0, 0.05) is 30.9 Å². The van der Waals surface area contributed by atoms with Gasteiger partial charge in [0.05, 0.1) is 4.92 Å². The molecule has 0 fully saturated rings. The number of hydrogen-bond donors (Lipinski definition) is 1. The van der Waals surface area contributed by atoms with Gasteiger partial charge in [-0.15, -0.1) is 0 Å². The van der Waals surface area contributed by atoms with Gasteiger partial charge in [-0.25, -0.2) is 0 Å². The standard InChI is InChI=1S/C15H12F6N4O5/c1-24-5-11(25(27)28)12(23-24)13(26)22-8-2-9(29-6-14(16,17)18)4-10(3-8)30-7-15(19,20)21/h2-5H,6-7H2,1H3,(H,22,26). The molecule has 1 aromatic heterocycles. The molecule has 0 unspecified atom stereocenters. The van der Waals surface area contributed by atoms with Crippen molar-refractivity contribution in [1.82, 2.24) is 9.78 Å². The maximum atomic E-state index is 12.4. The van der Waals surface area contributed by atoms with Crippen molar-refractivity contribution in [3.63, 3.8) is 0 Å². The molecule has 1 N–H and O–H groups in total. The zero-order valence-corrected chi connectivity index (χ0v) is 14.9. The molecule has 15 heteroatoms. The molecule has 0 saturated carbocycles. The van der Waals surface area contributed by atoms with Crippen molar-refractivity contribution in [1.29, 1.82) is 0 Å². The number of alkyl halides is 6. The van der Waals surface area contributed by atoms with E-state index in [9.17, 15) is 41.3 Å². The first-order chi connectivity index (χ1) is 13.7. The van der Waals surface area contributed by atoms with Crippen LogP contribution in [-0.2, 0) is 7.05 Å². The zero-order chi connectivity index (χ0) is 22.7. The van der Waals surface area contributed by atoms with E-state index in [2.05, 4.69) is 19.9 Å². The topological polar surface area (TPSA) is 109 Å². The summed E-state index contributed by atoms with van der Waals surface area (Å²) < 4.78 is 84.0. The monoisotopic (exact) mass is 442 g/mol. The van der Waals surface area contributed by atoms with Crippen LogP contribution in [0, 0.1) is 10.1 Å². The highest BCUT2D eigenvalue weighted by molar-refractivity contribution is 6.05. The van der Waals surface area contributed by atoms with E-state index in [1.807, 2.05) is 0 Å². The number of carbonyl (C=O) groups excluding carboxylic acids is 1. The maximum absolute atomic E-state index is 12.4. The molecule has 0 bridgehead atoms. The number of benzene rings is 1. The minimum atomic E-state index is -4.74. The van der Waals surface area contributed by atoms with Crippen molar-refractivity contribution in [2.75, 3.05) is 18.5 Å². The third-order valence-electron chi connectivity index (χ3n) is 3.16. The summed E-state index contributed by atoms with van der Waals surface area (Å²) >= 11 is 0. The van der Waals surface area contributed by atoms with Crippen LogP contribution in [0.3, 0.4) is 0 Å². The normalized spacial score (nSPS) is 11.8. The summed E-state index contributed by atoms with van der Waals surface area (Å²) in [4.78, 5) is 22.4. The highest BCUT2D eigenvalue weighted by Crippen LogP contribution is 2.30. The molecule has 1 aromatic carbocycles. The first kappa shape index (κ1) is 22.8. The fourth-order valence-electron chi connectivity index (χ4n) is 2.10. The lowest BCUT2D eigenvalue weighted by atomic mass is 10.2. The van der Waals surface area contributed by atoms with E-state index in [1.165, 1.54) is 7.05 Å². The summed E-state index contributed by atoms with van der Waals surface area (Å²) in [5.74, 6) is -2.24. The number of nitrogens with one attached hydrogen (secondary N) is 1. The largest absolute Gasteiger partial charge is 0.484 e. The second-order valence-electron chi connectivity index (χ2n) is 5.75. The number of nitrogens with zero attached hydrogens (tertiary/aromatic N) is 3. The van der Waals surface area contributed by atoms with Crippen molar-refractivity contribution in [3.05, 3.63) is 40.2 Å². The average molecular weight is 442 g/mol. The van der Waals surface area contributed by atoms with Gasteiger partial charge in [-0.2, -0.15) is 31.4 Å². The number of rotatable bonds is 7. The fourth-order valence-corrected chi connectivity index (χ4v) is 2.10. The van der Waals surface area contributed by atoms with E-state index in [0.29, 0.717) is 0 Å². The number of carbonyl (C=O) groups is 1. The van der Waals surface area contributed by atoms with Crippen LogP contribution in [0.5, 0.6) is 11.5 Å². The summed E-state index contributed by atoms with van der Waals surface area (Å²) in [5.41, 5.74) is -1.62. The summed E-state index contributed by atoms with van der Waals surface area (Å²) in [7, 11) is 1.30. The Bertz CT molecular complexity index is 904. The lowest BCUT2D eigenvalue weighted by molar-refractivity contribution is -0.385. The summed E-state index contributed by atoms with van der Waals surface area (Å²) in [6.45, 7) is -3.51. The second kappa shape index (κ2) is 8.46. The van der Waals surface area contributed by atoms with Crippen molar-refractivity contribution in [2.45, 2.75) is 12.4 Å². The number of amides is 1. The molecular formula is C15H12F6N4O5. The molecule has 2 rings (SSSR count). The van der Waals surface area contributed by atoms with E-state index in [-0.39, 0.29) is 5.69 Å². The minimum absolute atomic E-state index is 0.336. The number of hydrogen-bond acceptors (Lipinski definition) is 6. The molecule has 0 aliphatic heterocycles. The van der Waals surface area contributed by atoms with Crippen LogP contribution in [0.1, 0.15) is 10.5 Å². The lowest BCUT2D eigenvalue weighted by Crippen LogP contribution is -2.20. The van der Waals surface area contributed by atoms with Crippen molar-refractivity contribution in [3.8, 4) is 11.5 Å². The molecule has 2 aromatic rings. The second-order valence-corrected chi connectivity index (χ2v) is 5.75. The number of aromatic nitrogens is 2. The molecule has 1 amide bonds. The van der Waals surface area contributed by atoms with Gasteiger partial charge in [-0.1, -0.05) is 0 Å². The Morgan fingerprint density at radius 3 is 2.03 bits per heavy atom. The Hall–Kier alpha value is -3.52. The van der Waals surface area contributed by atoms with Crippen LogP contribution >= 0.6 is 0 Å². The molecule has 0 aliphatic carbocycles. The Morgan fingerprint density at radius 2 is 1.60 bits per heavy atom. The molecular weight excluding hydrogens is 430 g/mol. The number of nitro groups is 1. The minimum Gasteiger partial charge on any atom is -0.484 e. The average Bonchev–Trinajstić information content (AvgIpc) is 2.99. The Morgan fingerprint density at radius 1 is 1.10 bits per heavy atom. The maximum Gasteiger partial charge on any atom is 0.422 e. The van der Waals surface area contributed by atoms with Gasteiger partial charge in [0.2, 0.25) is 5.69 Å². The number of halogens is 6. The molecule has 0 atom stereocenters. The highest BCUT2D eigenvalue weighted by Gasteiger charge is 2.30. The van der Waals surface area contributed by atoms with Crippen molar-refractivity contribution in [2.24, 2.45) is 7.05 Å². The van der Waals surface area contributed by atoms with Crippen LogP contribution in [0.2, 0.25) is 0 Å². The van der Waals surface area contributed by atoms with Gasteiger partial charge in [-0.3, -0.25) is 19.6 Å². The summed E-state index contributed by atoms with van der Waals surface area (Å²) in [6.07, 6.45) is -8.53.